The summed E-state index contributed by atoms with van der Waals surface area (Å²) in [4.78, 5) is 11.3. The third-order valence-electron chi connectivity index (χ3n) is 3.69. The van der Waals surface area contributed by atoms with E-state index < -0.39 is 37.8 Å². The smallest absolute Gasteiger partial charge is 0.337 e. The van der Waals surface area contributed by atoms with Gasteiger partial charge < -0.3 is 4.74 Å². The van der Waals surface area contributed by atoms with Crippen molar-refractivity contribution in [2.24, 2.45) is 5.14 Å². The van der Waals surface area contributed by atoms with E-state index in [9.17, 15) is 21.6 Å². The number of methoxy groups -OCH3 is 1. The van der Waals surface area contributed by atoms with Crippen LogP contribution in [0.4, 0.5) is 0 Å². The molecule has 0 saturated carbocycles. The highest BCUT2D eigenvalue weighted by Crippen LogP contribution is 2.31. The van der Waals surface area contributed by atoms with E-state index in [4.69, 9.17) is 16.7 Å². The number of hydrogen-bond donors (Lipinski definition) is 1. The van der Waals surface area contributed by atoms with Crippen LogP contribution in [0.15, 0.2) is 23.1 Å². The molecule has 11 heteroatoms. The van der Waals surface area contributed by atoms with E-state index in [-0.39, 0.29) is 22.0 Å². The van der Waals surface area contributed by atoms with Gasteiger partial charge in [-0.15, -0.1) is 0 Å². The zero-order valence-electron chi connectivity index (χ0n) is 12.8. The first-order chi connectivity index (χ1) is 11.1. The fourth-order valence-corrected chi connectivity index (χ4v) is 5.80. The largest absolute Gasteiger partial charge is 0.465 e. The SMILES string of the molecule is COC(=O)c1ccc(Cl)c(S(=O)(=O)N2CCC[C@H]2CS(N)(=O)=O)c1. The van der Waals surface area contributed by atoms with Crippen molar-refractivity contribution in [3.05, 3.63) is 28.8 Å². The van der Waals surface area contributed by atoms with E-state index in [2.05, 4.69) is 4.74 Å². The van der Waals surface area contributed by atoms with E-state index in [1.165, 1.54) is 19.2 Å². The summed E-state index contributed by atoms with van der Waals surface area (Å²) in [6, 6.07) is 2.99. The highest BCUT2D eigenvalue weighted by Gasteiger charge is 2.38. The molecule has 24 heavy (non-hydrogen) atoms. The van der Waals surface area contributed by atoms with Crippen LogP contribution in [0.5, 0.6) is 0 Å². The van der Waals surface area contributed by atoms with Crippen molar-refractivity contribution >= 4 is 37.6 Å². The molecule has 0 aromatic heterocycles. The van der Waals surface area contributed by atoms with Crippen molar-refractivity contribution in [2.75, 3.05) is 19.4 Å². The highest BCUT2D eigenvalue weighted by atomic mass is 35.5. The predicted molar refractivity (Wildman–Crippen MR) is 87.7 cm³/mol. The molecule has 1 atom stereocenters. The van der Waals surface area contributed by atoms with Crippen molar-refractivity contribution in [2.45, 2.75) is 23.8 Å². The van der Waals surface area contributed by atoms with Crippen LogP contribution in [0, 0.1) is 0 Å². The second kappa shape index (κ2) is 6.96. The van der Waals surface area contributed by atoms with Crippen LogP contribution in [0.2, 0.25) is 5.02 Å². The molecule has 1 aliphatic heterocycles. The minimum absolute atomic E-state index is 0.0302. The molecular weight excluding hydrogens is 380 g/mol. The summed E-state index contributed by atoms with van der Waals surface area (Å²) in [7, 11) is -6.74. The first kappa shape index (κ1) is 19.1. The van der Waals surface area contributed by atoms with E-state index >= 15 is 0 Å². The van der Waals surface area contributed by atoms with Crippen molar-refractivity contribution in [1.29, 1.82) is 0 Å². The number of sulfonamides is 2. The number of rotatable bonds is 5. The molecule has 2 N–H and O–H groups in total. The Morgan fingerprint density at radius 3 is 2.62 bits per heavy atom. The van der Waals surface area contributed by atoms with Crippen molar-refractivity contribution in [3.63, 3.8) is 0 Å². The maximum Gasteiger partial charge on any atom is 0.337 e. The third-order valence-corrected chi connectivity index (χ3v) is 6.97. The standard InChI is InChI=1S/C13H17ClN2O6S2/c1-22-13(17)9-4-5-11(14)12(7-9)24(20,21)16-6-2-3-10(16)8-23(15,18)19/h4-5,7,10H,2-3,6,8H2,1H3,(H2,15,18,19)/t10-/m0/s1. The number of carbonyl (C=O) groups excluding carboxylic acids is 1. The summed E-state index contributed by atoms with van der Waals surface area (Å²) in [6.07, 6.45) is 0.887. The lowest BCUT2D eigenvalue weighted by Gasteiger charge is -2.24. The number of primary sulfonamides is 1. The molecule has 8 nitrogen and oxygen atoms in total. The van der Waals surface area contributed by atoms with Crippen LogP contribution in [0.1, 0.15) is 23.2 Å². The lowest BCUT2D eigenvalue weighted by atomic mass is 10.2. The molecule has 0 bridgehead atoms. The van der Waals surface area contributed by atoms with E-state index in [1.807, 2.05) is 0 Å². The number of esters is 1. The van der Waals surface area contributed by atoms with Gasteiger partial charge in [-0.2, -0.15) is 4.31 Å². The number of nitrogens with zero attached hydrogens (tertiary/aromatic N) is 1. The summed E-state index contributed by atoms with van der Waals surface area (Å²) >= 11 is 5.99. The quantitative estimate of drug-likeness (QED) is 0.725. The minimum atomic E-state index is -4.08. The number of benzene rings is 1. The Kier molecular flexibility index (Phi) is 5.55. The monoisotopic (exact) mass is 396 g/mol. The van der Waals surface area contributed by atoms with E-state index in [0.717, 1.165) is 10.4 Å². The minimum Gasteiger partial charge on any atom is -0.465 e. The first-order valence-electron chi connectivity index (χ1n) is 6.96. The van der Waals surface area contributed by atoms with Gasteiger partial charge in [0.25, 0.3) is 0 Å². The summed E-state index contributed by atoms with van der Waals surface area (Å²) < 4.78 is 54.0. The van der Waals surface area contributed by atoms with Crippen molar-refractivity contribution in [3.8, 4) is 0 Å². The Morgan fingerprint density at radius 2 is 2.04 bits per heavy atom. The lowest BCUT2D eigenvalue weighted by molar-refractivity contribution is 0.0600. The zero-order chi connectivity index (χ0) is 18.1. The molecular formula is C13H17ClN2O6S2. The summed E-state index contributed by atoms with van der Waals surface area (Å²) in [6.45, 7) is 0.154. The average molecular weight is 397 g/mol. The molecule has 0 spiro atoms. The second-order valence-electron chi connectivity index (χ2n) is 5.38. The molecule has 1 aromatic rings. The fraction of sp³-hybridized carbons (Fsp3) is 0.462. The average Bonchev–Trinajstić information content (AvgIpc) is 2.93. The predicted octanol–water partition coefficient (Wildman–Crippen LogP) is 0.568. The van der Waals surface area contributed by atoms with Gasteiger partial charge in [0, 0.05) is 12.6 Å². The van der Waals surface area contributed by atoms with Crippen LogP contribution in [0.25, 0.3) is 0 Å². The molecule has 1 fully saturated rings. The van der Waals surface area contributed by atoms with Crippen LogP contribution >= 0.6 is 11.6 Å². The summed E-state index contributed by atoms with van der Waals surface area (Å²) in [5.74, 6) is -1.17. The van der Waals surface area contributed by atoms with Gasteiger partial charge >= 0.3 is 5.97 Å². The van der Waals surface area contributed by atoms with Crippen LogP contribution in [-0.2, 0) is 24.8 Å². The van der Waals surface area contributed by atoms with Gasteiger partial charge in [-0.1, -0.05) is 11.6 Å². The van der Waals surface area contributed by atoms with Crippen LogP contribution in [0.3, 0.4) is 0 Å². The molecule has 1 heterocycles. The molecule has 1 saturated heterocycles. The highest BCUT2D eigenvalue weighted by molar-refractivity contribution is 7.90. The number of hydrogen-bond acceptors (Lipinski definition) is 6. The number of nitrogens with two attached hydrogens (primary N) is 1. The number of ether oxygens (including phenoxy) is 1. The Bertz CT molecular complexity index is 853. The van der Waals surface area contributed by atoms with Crippen LogP contribution in [-0.4, -0.2) is 52.6 Å². The van der Waals surface area contributed by atoms with Crippen molar-refractivity contribution < 1.29 is 26.4 Å². The molecule has 1 aromatic carbocycles. The molecule has 0 unspecified atom stereocenters. The van der Waals surface area contributed by atoms with E-state index in [0.29, 0.717) is 12.8 Å². The van der Waals surface area contributed by atoms with E-state index in [1.54, 1.807) is 0 Å². The number of halogens is 1. The number of carbonyl (C=O) groups is 1. The Labute approximate surface area is 145 Å². The van der Waals surface area contributed by atoms with Crippen LogP contribution < -0.4 is 5.14 Å². The zero-order valence-corrected chi connectivity index (χ0v) is 15.2. The van der Waals surface area contributed by atoms with Gasteiger partial charge in [0.15, 0.2) is 0 Å². The fourth-order valence-electron chi connectivity index (χ4n) is 2.63. The van der Waals surface area contributed by atoms with Gasteiger partial charge in [0.2, 0.25) is 20.0 Å². The maximum atomic E-state index is 12.9. The first-order valence-corrected chi connectivity index (χ1v) is 10.5. The molecule has 0 aliphatic carbocycles. The van der Waals surface area contributed by atoms with Gasteiger partial charge in [0.05, 0.1) is 23.4 Å². The lowest BCUT2D eigenvalue weighted by Crippen LogP contribution is -2.41. The van der Waals surface area contributed by atoms with Gasteiger partial charge in [-0.3, -0.25) is 0 Å². The molecule has 134 valence electrons. The molecule has 2 rings (SSSR count). The normalized spacial score (nSPS) is 19.4. The molecule has 0 amide bonds. The summed E-state index contributed by atoms with van der Waals surface area (Å²) in [5.41, 5.74) is 0.0302. The Hall–Kier alpha value is -1.20. The Morgan fingerprint density at radius 1 is 1.38 bits per heavy atom. The third kappa shape index (κ3) is 4.06. The second-order valence-corrected chi connectivity index (χ2v) is 9.30. The Balaban J connectivity index is 2.44. The topological polar surface area (TPSA) is 124 Å². The maximum absolute atomic E-state index is 12.9. The van der Waals surface area contributed by atoms with Crippen molar-refractivity contribution in [1.82, 2.24) is 4.31 Å². The van der Waals surface area contributed by atoms with Gasteiger partial charge in [-0.25, -0.2) is 26.8 Å². The van der Waals surface area contributed by atoms with Gasteiger partial charge in [-0.05, 0) is 31.0 Å². The summed E-state index contributed by atoms with van der Waals surface area (Å²) in [5, 5.41) is 4.97. The molecule has 1 aliphatic rings. The van der Waals surface area contributed by atoms with Gasteiger partial charge in [0.1, 0.15) is 4.90 Å². The molecule has 0 radical (unpaired) electrons.